The van der Waals surface area contributed by atoms with Gasteiger partial charge in [-0.05, 0) is 67.4 Å². The fraction of sp³-hybridized carbons (Fsp3) is 0.161. The van der Waals surface area contributed by atoms with Crippen LogP contribution in [-0.2, 0) is 25.5 Å². The molecule has 41 heavy (non-hydrogen) atoms. The van der Waals surface area contributed by atoms with E-state index < -0.39 is 23.9 Å². The standard InChI is InChI=1S/C31H28O10/c1-4-28(32)38-20-37-23-14-10-22(11-15-23)31(35)41-26-17-16-25(19-27(26)36-6-3)40-30(34)18-9-21-7-12-24(13-8-21)39-29(33)5-2/h4-5,7-8,10-17,19H,1-2,6,9,18,20H2,3H3. The van der Waals surface area contributed by atoms with Crippen molar-refractivity contribution in [2.75, 3.05) is 13.4 Å². The molecular formula is C31H28O10. The van der Waals surface area contributed by atoms with Crippen LogP contribution in [0.3, 0.4) is 0 Å². The van der Waals surface area contributed by atoms with Crippen LogP contribution >= 0.6 is 0 Å². The molecule has 212 valence electrons. The highest BCUT2D eigenvalue weighted by Crippen LogP contribution is 2.32. The van der Waals surface area contributed by atoms with E-state index in [1.807, 2.05) is 0 Å². The smallest absolute Gasteiger partial charge is 0.343 e. The van der Waals surface area contributed by atoms with Crippen LogP contribution in [0.5, 0.6) is 28.7 Å². The van der Waals surface area contributed by atoms with Gasteiger partial charge < -0.3 is 28.4 Å². The summed E-state index contributed by atoms with van der Waals surface area (Å²) in [5, 5.41) is 0. The molecule has 10 heteroatoms. The molecule has 0 amide bonds. The minimum absolute atomic E-state index is 0.100. The molecule has 0 atom stereocenters. The predicted octanol–water partition coefficient (Wildman–Crippen LogP) is 5.00. The van der Waals surface area contributed by atoms with E-state index in [1.165, 1.54) is 42.5 Å². The molecule has 0 N–H and O–H groups in total. The minimum atomic E-state index is -0.648. The molecule has 0 saturated carbocycles. The monoisotopic (exact) mass is 560 g/mol. The molecule has 0 bridgehead atoms. The van der Waals surface area contributed by atoms with E-state index in [0.717, 1.165) is 17.7 Å². The maximum atomic E-state index is 12.7. The summed E-state index contributed by atoms with van der Waals surface area (Å²) < 4.78 is 31.6. The first-order valence-electron chi connectivity index (χ1n) is 12.5. The average molecular weight is 561 g/mol. The second-order valence-electron chi connectivity index (χ2n) is 8.13. The van der Waals surface area contributed by atoms with Crippen LogP contribution in [0.2, 0.25) is 0 Å². The number of benzene rings is 3. The Labute approximate surface area is 236 Å². The summed E-state index contributed by atoms with van der Waals surface area (Å²) in [6.07, 6.45) is 2.60. The van der Waals surface area contributed by atoms with Crippen LogP contribution in [0.1, 0.15) is 29.3 Å². The van der Waals surface area contributed by atoms with Gasteiger partial charge in [0.2, 0.25) is 6.79 Å². The molecule has 0 spiro atoms. The molecule has 10 nitrogen and oxygen atoms in total. The number of rotatable bonds is 14. The zero-order valence-electron chi connectivity index (χ0n) is 22.3. The lowest BCUT2D eigenvalue weighted by Gasteiger charge is -2.13. The lowest BCUT2D eigenvalue weighted by Crippen LogP contribution is -2.11. The number of aryl methyl sites for hydroxylation is 1. The van der Waals surface area contributed by atoms with Crippen LogP contribution in [0.15, 0.2) is 92.0 Å². The largest absolute Gasteiger partial charge is 0.490 e. The summed E-state index contributed by atoms with van der Waals surface area (Å²) in [6.45, 7) is 8.38. The van der Waals surface area contributed by atoms with Gasteiger partial charge in [0.25, 0.3) is 0 Å². The first-order chi connectivity index (χ1) is 19.8. The van der Waals surface area contributed by atoms with Crippen LogP contribution in [-0.4, -0.2) is 37.3 Å². The summed E-state index contributed by atoms with van der Waals surface area (Å²) in [4.78, 5) is 47.4. The van der Waals surface area contributed by atoms with E-state index in [1.54, 1.807) is 31.2 Å². The van der Waals surface area contributed by atoms with Gasteiger partial charge in [-0.15, -0.1) is 0 Å². The highest BCUT2D eigenvalue weighted by molar-refractivity contribution is 5.91. The Hall–Kier alpha value is -5.38. The number of hydrogen-bond acceptors (Lipinski definition) is 10. The van der Waals surface area contributed by atoms with E-state index in [9.17, 15) is 19.2 Å². The lowest BCUT2D eigenvalue weighted by molar-refractivity contribution is -0.144. The normalized spacial score (nSPS) is 10.1. The molecule has 0 radical (unpaired) electrons. The van der Waals surface area contributed by atoms with Gasteiger partial charge in [-0.1, -0.05) is 25.3 Å². The summed E-state index contributed by atoms with van der Waals surface area (Å²) >= 11 is 0. The molecule has 0 aliphatic carbocycles. The Morgan fingerprint density at radius 2 is 1.37 bits per heavy atom. The van der Waals surface area contributed by atoms with Crippen molar-refractivity contribution in [2.24, 2.45) is 0 Å². The van der Waals surface area contributed by atoms with E-state index >= 15 is 0 Å². The molecule has 0 aliphatic heterocycles. The van der Waals surface area contributed by atoms with Gasteiger partial charge in [-0.2, -0.15) is 0 Å². The van der Waals surface area contributed by atoms with Crippen molar-refractivity contribution in [1.29, 1.82) is 0 Å². The first-order valence-corrected chi connectivity index (χ1v) is 12.5. The Balaban J connectivity index is 1.55. The lowest BCUT2D eigenvalue weighted by atomic mass is 10.1. The van der Waals surface area contributed by atoms with Crippen LogP contribution < -0.4 is 23.7 Å². The highest BCUT2D eigenvalue weighted by atomic mass is 16.7. The average Bonchev–Trinajstić information content (AvgIpc) is 2.98. The quantitative estimate of drug-likeness (QED) is 0.115. The SMILES string of the molecule is C=CC(=O)OCOc1ccc(C(=O)Oc2ccc(OC(=O)CCc3ccc(OC(=O)C=C)cc3)cc2OCC)cc1. The van der Waals surface area contributed by atoms with Crippen molar-refractivity contribution in [3.8, 4) is 28.7 Å². The maximum absolute atomic E-state index is 12.7. The number of ether oxygens (including phenoxy) is 6. The van der Waals surface area contributed by atoms with Crippen molar-refractivity contribution in [3.63, 3.8) is 0 Å². The Morgan fingerprint density at radius 3 is 2.02 bits per heavy atom. The van der Waals surface area contributed by atoms with Crippen LogP contribution in [0, 0.1) is 0 Å². The Kier molecular flexibility index (Phi) is 11.2. The van der Waals surface area contributed by atoms with E-state index in [0.29, 0.717) is 17.9 Å². The number of hydrogen-bond donors (Lipinski definition) is 0. The summed E-state index contributed by atoms with van der Waals surface area (Å²) in [7, 11) is 0. The van der Waals surface area contributed by atoms with Crippen LogP contribution in [0.25, 0.3) is 0 Å². The summed E-state index contributed by atoms with van der Waals surface area (Å²) in [6, 6.07) is 17.2. The molecule has 0 fully saturated rings. The van der Waals surface area contributed by atoms with Gasteiger partial charge in [-0.3, -0.25) is 4.79 Å². The van der Waals surface area contributed by atoms with Gasteiger partial charge in [-0.25, -0.2) is 14.4 Å². The molecular weight excluding hydrogens is 532 g/mol. The molecule has 0 heterocycles. The molecule has 3 aromatic rings. The van der Waals surface area contributed by atoms with Gasteiger partial charge in [0.1, 0.15) is 17.2 Å². The van der Waals surface area contributed by atoms with Crippen molar-refractivity contribution in [3.05, 3.63) is 103 Å². The van der Waals surface area contributed by atoms with Crippen molar-refractivity contribution >= 4 is 23.9 Å². The number of esters is 4. The molecule has 0 saturated heterocycles. The fourth-order valence-electron chi connectivity index (χ4n) is 3.28. The van der Waals surface area contributed by atoms with Crippen molar-refractivity contribution in [2.45, 2.75) is 19.8 Å². The van der Waals surface area contributed by atoms with Crippen molar-refractivity contribution in [1.82, 2.24) is 0 Å². The third-order valence-electron chi connectivity index (χ3n) is 5.26. The number of carbonyl (C=O) groups is 4. The topological polar surface area (TPSA) is 124 Å². The second-order valence-corrected chi connectivity index (χ2v) is 8.13. The zero-order chi connectivity index (χ0) is 29.6. The van der Waals surface area contributed by atoms with E-state index in [-0.39, 0.29) is 42.6 Å². The fourth-order valence-corrected chi connectivity index (χ4v) is 3.28. The predicted molar refractivity (Wildman–Crippen MR) is 147 cm³/mol. The Bertz CT molecular complexity index is 1390. The minimum Gasteiger partial charge on any atom is -0.490 e. The summed E-state index contributed by atoms with van der Waals surface area (Å²) in [5.74, 6) is -0.945. The van der Waals surface area contributed by atoms with E-state index in [2.05, 4.69) is 13.2 Å². The van der Waals surface area contributed by atoms with Gasteiger partial charge >= 0.3 is 23.9 Å². The number of carbonyl (C=O) groups excluding carboxylic acids is 4. The Morgan fingerprint density at radius 1 is 0.707 bits per heavy atom. The molecule has 0 unspecified atom stereocenters. The zero-order valence-corrected chi connectivity index (χ0v) is 22.3. The summed E-state index contributed by atoms with van der Waals surface area (Å²) in [5.41, 5.74) is 1.10. The van der Waals surface area contributed by atoms with Crippen LogP contribution in [0.4, 0.5) is 0 Å². The molecule has 3 aromatic carbocycles. The third-order valence-corrected chi connectivity index (χ3v) is 5.26. The maximum Gasteiger partial charge on any atom is 0.343 e. The van der Waals surface area contributed by atoms with Gasteiger partial charge in [0.05, 0.1) is 12.2 Å². The van der Waals surface area contributed by atoms with Gasteiger partial charge in [0.15, 0.2) is 11.5 Å². The van der Waals surface area contributed by atoms with E-state index in [4.69, 9.17) is 28.4 Å². The second kappa shape index (κ2) is 15.3. The van der Waals surface area contributed by atoms with Gasteiger partial charge in [0, 0.05) is 24.6 Å². The highest BCUT2D eigenvalue weighted by Gasteiger charge is 2.16. The molecule has 3 rings (SSSR count). The third kappa shape index (κ3) is 9.70. The first kappa shape index (κ1) is 30.2. The van der Waals surface area contributed by atoms with Crippen molar-refractivity contribution < 1.29 is 47.6 Å². The molecule has 0 aromatic heterocycles. The molecule has 0 aliphatic rings.